The molecule has 1 atom stereocenters. The second-order valence-electron chi connectivity index (χ2n) is 3.49. The van der Waals surface area contributed by atoms with Gasteiger partial charge in [0.1, 0.15) is 11.5 Å². The van der Waals surface area contributed by atoms with Gasteiger partial charge in [-0.05, 0) is 61.3 Å². The molecular formula is C11H13O2PS2. The van der Waals surface area contributed by atoms with E-state index in [4.69, 9.17) is 21.1 Å². The number of hydrogen-bond acceptors (Lipinski definition) is 4. The van der Waals surface area contributed by atoms with Gasteiger partial charge in [0.2, 0.25) is 5.47 Å². The number of allylic oxidation sites excluding steroid dienone is 2. The minimum absolute atomic E-state index is 0.843. The highest BCUT2D eigenvalue weighted by atomic mass is 32.9. The maximum absolute atomic E-state index is 5.85. The van der Waals surface area contributed by atoms with Gasteiger partial charge in [-0.2, -0.15) is 0 Å². The van der Waals surface area contributed by atoms with Crippen molar-refractivity contribution in [3.05, 3.63) is 34.9 Å². The number of methoxy groups -OCH3 is 1. The largest absolute Gasteiger partial charge is 0.497 e. The summed E-state index contributed by atoms with van der Waals surface area (Å²) >= 11 is 7.32. The van der Waals surface area contributed by atoms with E-state index in [2.05, 4.69) is 6.92 Å². The van der Waals surface area contributed by atoms with Gasteiger partial charge in [0, 0.05) is 10.2 Å². The van der Waals surface area contributed by atoms with E-state index in [-0.39, 0.29) is 0 Å². The van der Waals surface area contributed by atoms with E-state index in [0.717, 1.165) is 16.8 Å². The lowest BCUT2D eigenvalue weighted by atomic mass is 10.3. The Bertz CT molecular complexity index is 461. The Kier molecular flexibility index (Phi) is 3.34. The molecule has 2 rings (SSSR count). The molecule has 1 heterocycles. The van der Waals surface area contributed by atoms with Crippen molar-refractivity contribution in [2.75, 3.05) is 7.11 Å². The van der Waals surface area contributed by atoms with E-state index in [1.807, 2.05) is 31.2 Å². The molecule has 5 heteroatoms. The van der Waals surface area contributed by atoms with Gasteiger partial charge in [-0.1, -0.05) is 0 Å². The molecule has 0 saturated carbocycles. The van der Waals surface area contributed by atoms with E-state index < -0.39 is 5.47 Å². The molecule has 0 saturated heterocycles. The predicted molar refractivity (Wildman–Crippen MR) is 74.0 cm³/mol. The minimum atomic E-state index is -1.94. The van der Waals surface area contributed by atoms with E-state index in [9.17, 15) is 0 Å². The van der Waals surface area contributed by atoms with Crippen molar-refractivity contribution in [1.29, 1.82) is 0 Å². The van der Waals surface area contributed by atoms with Gasteiger partial charge >= 0.3 is 0 Å². The van der Waals surface area contributed by atoms with Crippen LogP contribution in [0.1, 0.15) is 13.8 Å². The molecule has 86 valence electrons. The average molecular weight is 272 g/mol. The van der Waals surface area contributed by atoms with Gasteiger partial charge in [0.25, 0.3) is 0 Å². The van der Waals surface area contributed by atoms with Crippen LogP contribution in [-0.4, -0.2) is 7.11 Å². The first-order chi connectivity index (χ1) is 7.55. The van der Waals surface area contributed by atoms with Crippen molar-refractivity contribution in [3.63, 3.8) is 0 Å². The molecular weight excluding hydrogens is 259 g/mol. The summed E-state index contributed by atoms with van der Waals surface area (Å²) in [5.41, 5.74) is -1.94. The zero-order chi connectivity index (χ0) is 11.8. The molecule has 16 heavy (non-hydrogen) atoms. The maximum atomic E-state index is 5.85. The number of rotatable bonds is 2. The van der Waals surface area contributed by atoms with Crippen LogP contribution in [0.3, 0.4) is 0 Å². The molecule has 1 aromatic carbocycles. The second kappa shape index (κ2) is 4.44. The fourth-order valence-corrected chi connectivity index (χ4v) is 7.53. The van der Waals surface area contributed by atoms with Crippen LogP contribution in [0.4, 0.5) is 0 Å². The molecule has 0 bridgehead atoms. The third kappa shape index (κ3) is 2.15. The molecule has 0 amide bonds. The molecule has 0 N–H and O–H groups in total. The van der Waals surface area contributed by atoms with Crippen molar-refractivity contribution in [1.82, 2.24) is 0 Å². The van der Waals surface area contributed by atoms with Gasteiger partial charge in [-0.25, -0.2) is 0 Å². The van der Waals surface area contributed by atoms with Crippen molar-refractivity contribution >= 4 is 34.0 Å². The van der Waals surface area contributed by atoms with Crippen LogP contribution in [0.25, 0.3) is 0 Å². The number of hydrogen-bond donors (Lipinski definition) is 0. The summed E-state index contributed by atoms with van der Waals surface area (Å²) in [5, 5.41) is 1.09. The van der Waals surface area contributed by atoms with E-state index in [0.29, 0.717) is 0 Å². The smallest absolute Gasteiger partial charge is 0.200 e. The van der Waals surface area contributed by atoms with Gasteiger partial charge < -0.3 is 9.26 Å². The molecule has 0 spiro atoms. The highest BCUT2D eigenvalue weighted by Gasteiger charge is 2.30. The van der Waals surface area contributed by atoms with E-state index in [1.54, 1.807) is 18.5 Å². The Hall–Kier alpha value is -0.440. The summed E-state index contributed by atoms with van der Waals surface area (Å²) < 4.78 is 11.0. The molecule has 1 aliphatic heterocycles. The normalized spacial score (nSPS) is 24.4. The number of benzene rings is 1. The average Bonchev–Trinajstić information content (AvgIpc) is 2.54. The van der Waals surface area contributed by atoms with Crippen molar-refractivity contribution in [3.8, 4) is 5.75 Å². The summed E-state index contributed by atoms with van der Waals surface area (Å²) in [6.45, 7) is 4.03. The monoisotopic (exact) mass is 272 g/mol. The summed E-state index contributed by atoms with van der Waals surface area (Å²) in [6, 6.07) is 7.85. The zero-order valence-electron chi connectivity index (χ0n) is 9.39. The molecule has 0 aliphatic carbocycles. The van der Waals surface area contributed by atoms with Crippen LogP contribution >= 0.6 is 16.8 Å². The molecule has 2 nitrogen and oxygen atoms in total. The summed E-state index contributed by atoms with van der Waals surface area (Å²) in [7, 11) is 1.66. The molecule has 0 fully saturated rings. The standard InChI is InChI=1S/C11H13O2PS2/c1-8-9(2)16-14(15,13-8)11-6-4-10(12-3)5-7-11/h4-7H,1-3H3. The minimum Gasteiger partial charge on any atom is -0.497 e. The Morgan fingerprint density at radius 2 is 1.88 bits per heavy atom. The van der Waals surface area contributed by atoms with Crippen LogP contribution in [0.2, 0.25) is 0 Å². The van der Waals surface area contributed by atoms with Crippen LogP contribution in [0.5, 0.6) is 5.75 Å². The quantitative estimate of drug-likeness (QED) is 0.765. The summed E-state index contributed by atoms with van der Waals surface area (Å²) in [4.78, 5) is 1.19. The van der Waals surface area contributed by atoms with Gasteiger partial charge in [-0.3, -0.25) is 0 Å². The Morgan fingerprint density at radius 3 is 2.31 bits per heavy atom. The first-order valence-corrected chi connectivity index (χ1v) is 9.01. The van der Waals surface area contributed by atoms with Crippen LogP contribution in [-0.2, 0) is 16.3 Å². The lowest BCUT2D eigenvalue weighted by Gasteiger charge is -2.15. The van der Waals surface area contributed by atoms with E-state index >= 15 is 0 Å². The van der Waals surface area contributed by atoms with Crippen LogP contribution in [0.15, 0.2) is 34.9 Å². The summed E-state index contributed by atoms with van der Waals surface area (Å²) in [5.74, 6) is 1.81. The first-order valence-electron chi connectivity index (χ1n) is 4.86. The molecule has 0 aromatic heterocycles. The third-order valence-corrected chi connectivity index (χ3v) is 8.57. The topological polar surface area (TPSA) is 18.5 Å². The van der Waals surface area contributed by atoms with Crippen molar-refractivity contribution in [2.24, 2.45) is 0 Å². The molecule has 1 aromatic rings. The van der Waals surface area contributed by atoms with Gasteiger partial charge in [0.15, 0.2) is 0 Å². The zero-order valence-corrected chi connectivity index (χ0v) is 11.9. The van der Waals surface area contributed by atoms with Crippen LogP contribution in [0, 0.1) is 0 Å². The fourth-order valence-electron chi connectivity index (χ4n) is 1.38. The highest BCUT2D eigenvalue weighted by molar-refractivity contribution is 8.73. The Morgan fingerprint density at radius 1 is 1.25 bits per heavy atom. The predicted octanol–water partition coefficient (Wildman–Crippen LogP) is 3.64. The SMILES string of the molecule is COc1ccc(P2(=S)OC(C)=C(C)S2)cc1. The fraction of sp³-hybridized carbons (Fsp3) is 0.273. The Balaban J connectivity index is 2.29. The van der Waals surface area contributed by atoms with Gasteiger partial charge in [0.05, 0.1) is 7.11 Å². The summed E-state index contributed by atoms with van der Waals surface area (Å²) in [6.07, 6.45) is 0. The Labute approximate surface area is 105 Å². The second-order valence-corrected chi connectivity index (χ2v) is 10.3. The first kappa shape index (κ1) is 12.0. The third-order valence-electron chi connectivity index (χ3n) is 2.40. The maximum Gasteiger partial charge on any atom is 0.200 e. The van der Waals surface area contributed by atoms with Crippen molar-refractivity contribution in [2.45, 2.75) is 13.8 Å². The lowest BCUT2D eigenvalue weighted by molar-refractivity contribution is 0.415. The highest BCUT2D eigenvalue weighted by Crippen LogP contribution is 2.68. The number of ether oxygens (including phenoxy) is 1. The molecule has 1 aliphatic rings. The lowest BCUT2D eigenvalue weighted by Crippen LogP contribution is -2.01. The molecule has 0 radical (unpaired) electrons. The molecule has 1 unspecified atom stereocenters. The van der Waals surface area contributed by atoms with Crippen LogP contribution < -0.4 is 10.0 Å². The van der Waals surface area contributed by atoms with Crippen molar-refractivity contribution < 1.29 is 9.26 Å². The van der Waals surface area contributed by atoms with E-state index in [1.165, 1.54) is 4.91 Å². The van der Waals surface area contributed by atoms with Gasteiger partial charge in [-0.15, -0.1) is 0 Å².